The summed E-state index contributed by atoms with van der Waals surface area (Å²) in [5.41, 5.74) is 1.16. The molecule has 0 aliphatic carbocycles. The zero-order valence-electron chi connectivity index (χ0n) is 9.67. The lowest BCUT2D eigenvalue weighted by Crippen LogP contribution is -2.39. The van der Waals surface area contributed by atoms with Gasteiger partial charge in [-0.3, -0.25) is 0 Å². The summed E-state index contributed by atoms with van der Waals surface area (Å²) in [6.07, 6.45) is 8.57. The van der Waals surface area contributed by atoms with Gasteiger partial charge in [-0.05, 0) is 11.6 Å². The van der Waals surface area contributed by atoms with Gasteiger partial charge in [-0.1, -0.05) is 48.6 Å². The van der Waals surface area contributed by atoms with Crippen molar-refractivity contribution in [1.82, 2.24) is 10.2 Å². The van der Waals surface area contributed by atoms with Crippen LogP contribution < -0.4 is 15.1 Å². The maximum Gasteiger partial charge on any atom is 0.105 e. The van der Waals surface area contributed by atoms with E-state index in [0.29, 0.717) is 19.3 Å². The van der Waals surface area contributed by atoms with Gasteiger partial charge in [0.15, 0.2) is 0 Å². The maximum absolute atomic E-state index is 12.1. The second kappa shape index (κ2) is 6.08. The molecular weight excluding hydrogens is 231 g/mol. The third kappa shape index (κ3) is 4.06. The maximum atomic E-state index is 12.1. The van der Waals surface area contributed by atoms with E-state index >= 15 is 0 Å². The molecule has 1 aliphatic heterocycles. The van der Waals surface area contributed by atoms with E-state index < -0.39 is 7.79 Å². The van der Waals surface area contributed by atoms with Crippen molar-refractivity contribution in [3.63, 3.8) is 0 Å². The van der Waals surface area contributed by atoms with E-state index in [1.165, 1.54) is 0 Å². The third-order valence-electron chi connectivity index (χ3n) is 2.57. The molecule has 4 heteroatoms. The molecule has 1 atom stereocenters. The van der Waals surface area contributed by atoms with E-state index in [-0.39, 0.29) is 0 Å². The molecule has 2 rings (SSSR count). The lowest BCUT2D eigenvalue weighted by atomic mass is 10.2. The molecule has 1 unspecified atom stereocenters. The van der Waals surface area contributed by atoms with Gasteiger partial charge in [0, 0.05) is 6.54 Å². The molecule has 1 aromatic rings. The summed E-state index contributed by atoms with van der Waals surface area (Å²) in [4.78, 5) is 12.1. The molecule has 2 N–H and O–H groups in total. The van der Waals surface area contributed by atoms with E-state index in [2.05, 4.69) is 10.2 Å². The molecule has 1 heterocycles. The molecule has 17 heavy (non-hydrogen) atoms. The number of nitrogens with one attached hydrogen (secondary N) is 2. The van der Waals surface area contributed by atoms with Crippen molar-refractivity contribution in [2.75, 3.05) is 19.3 Å². The van der Waals surface area contributed by atoms with Crippen molar-refractivity contribution in [3.05, 3.63) is 54.1 Å². The SMILES string of the molecule is [O-][P+]1(NC/C=C/c2ccccc2)CC=CCN1. The molecule has 0 spiro atoms. The van der Waals surface area contributed by atoms with Gasteiger partial charge in [-0.25, -0.2) is 0 Å². The highest BCUT2D eigenvalue weighted by molar-refractivity contribution is 7.65. The van der Waals surface area contributed by atoms with Crippen LogP contribution >= 0.6 is 7.79 Å². The van der Waals surface area contributed by atoms with Crippen molar-refractivity contribution in [1.29, 1.82) is 0 Å². The van der Waals surface area contributed by atoms with Crippen molar-refractivity contribution >= 4 is 13.9 Å². The van der Waals surface area contributed by atoms with Crippen molar-refractivity contribution in [2.45, 2.75) is 0 Å². The van der Waals surface area contributed by atoms with E-state index in [4.69, 9.17) is 0 Å². The van der Waals surface area contributed by atoms with Crippen LogP contribution in [-0.4, -0.2) is 19.3 Å². The van der Waals surface area contributed by atoms with Crippen LogP contribution in [0.4, 0.5) is 0 Å². The molecule has 0 saturated heterocycles. The third-order valence-corrected chi connectivity index (χ3v) is 4.68. The number of benzene rings is 1. The Morgan fingerprint density at radius 1 is 1.29 bits per heavy atom. The minimum atomic E-state index is -2.37. The zero-order valence-corrected chi connectivity index (χ0v) is 10.6. The fourth-order valence-electron chi connectivity index (χ4n) is 1.65. The zero-order chi connectivity index (χ0) is 12.0. The normalized spacial score (nSPS) is 24.3. The molecule has 1 aromatic carbocycles. The van der Waals surface area contributed by atoms with Gasteiger partial charge in [-0.15, -0.1) is 0 Å². The van der Waals surface area contributed by atoms with Crippen LogP contribution in [0.1, 0.15) is 5.56 Å². The molecule has 1 aliphatic rings. The summed E-state index contributed by atoms with van der Waals surface area (Å²) in [6.45, 7) is 1.31. The molecule has 0 fully saturated rings. The van der Waals surface area contributed by atoms with Crippen LogP contribution in [0.15, 0.2) is 48.6 Å². The summed E-state index contributed by atoms with van der Waals surface area (Å²) in [7, 11) is -2.37. The Kier molecular flexibility index (Phi) is 4.46. The molecule has 3 nitrogen and oxygen atoms in total. The first-order valence-electron chi connectivity index (χ1n) is 5.74. The van der Waals surface area contributed by atoms with E-state index in [1.807, 2.05) is 54.6 Å². The monoisotopic (exact) mass is 248 g/mol. The summed E-state index contributed by atoms with van der Waals surface area (Å²) < 4.78 is 0. The minimum absolute atomic E-state index is 0.589. The molecule has 0 amide bonds. The Labute approximate surface area is 103 Å². The molecule has 90 valence electrons. The summed E-state index contributed by atoms with van der Waals surface area (Å²) in [5, 5.41) is 6.09. The smallest absolute Gasteiger partial charge is 0.105 e. The Morgan fingerprint density at radius 3 is 2.82 bits per heavy atom. The number of hydrogen-bond acceptors (Lipinski definition) is 3. The molecule has 0 radical (unpaired) electrons. The minimum Gasteiger partial charge on any atom is -0.651 e. The predicted octanol–water partition coefficient (Wildman–Crippen LogP) is 1.57. The summed E-state index contributed by atoms with van der Waals surface area (Å²) in [6, 6.07) is 10.1. The average Bonchev–Trinajstić information content (AvgIpc) is 2.37. The summed E-state index contributed by atoms with van der Waals surface area (Å²) >= 11 is 0. The number of hydrogen-bond donors (Lipinski definition) is 2. The van der Waals surface area contributed by atoms with Gasteiger partial charge in [0.1, 0.15) is 14.0 Å². The van der Waals surface area contributed by atoms with Gasteiger partial charge < -0.3 is 4.89 Å². The quantitative estimate of drug-likeness (QED) is 0.628. The van der Waals surface area contributed by atoms with E-state index in [0.717, 1.165) is 5.56 Å². The fourth-order valence-corrected chi connectivity index (χ4v) is 3.27. The van der Waals surface area contributed by atoms with Gasteiger partial charge in [0.25, 0.3) is 0 Å². The van der Waals surface area contributed by atoms with Gasteiger partial charge in [0.2, 0.25) is 0 Å². The molecule has 0 bridgehead atoms. The molecule has 0 aromatic heterocycles. The van der Waals surface area contributed by atoms with E-state index in [1.54, 1.807) is 0 Å². The molecule has 0 saturated carbocycles. The first-order valence-corrected chi connectivity index (χ1v) is 7.64. The Balaban J connectivity index is 1.79. The van der Waals surface area contributed by atoms with Crippen LogP contribution in [0.3, 0.4) is 0 Å². The van der Waals surface area contributed by atoms with Gasteiger partial charge >= 0.3 is 0 Å². The van der Waals surface area contributed by atoms with Crippen LogP contribution in [0.25, 0.3) is 6.08 Å². The fraction of sp³-hybridized carbons (Fsp3) is 0.231. The van der Waals surface area contributed by atoms with Gasteiger partial charge in [-0.2, -0.15) is 10.2 Å². The highest BCUT2D eigenvalue weighted by Gasteiger charge is 2.24. The Morgan fingerprint density at radius 2 is 2.12 bits per heavy atom. The van der Waals surface area contributed by atoms with Crippen LogP contribution in [-0.2, 0) is 0 Å². The first-order chi connectivity index (χ1) is 8.29. The number of rotatable bonds is 4. The highest BCUT2D eigenvalue weighted by Crippen LogP contribution is 2.41. The van der Waals surface area contributed by atoms with Crippen molar-refractivity contribution in [2.24, 2.45) is 0 Å². The van der Waals surface area contributed by atoms with E-state index in [9.17, 15) is 4.89 Å². The predicted molar refractivity (Wildman–Crippen MR) is 72.4 cm³/mol. The summed E-state index contributed by atoms with van der Waals surface area (Å²) in [5.74, 6) is 0. The second-order valence-electron chi connectivity index (χ2n) is 3.93. The van der Waals surface area contributed by atoms with Gasteiger partial charge in [0.05, 0.1) is 6.54 Å². The highest BCUT2D eigenvalue weighted by atomic mass is 31.2. The van der Waals surface area contributed by atoms with Crippen LogP contribution in [0, 0.1) is 0 Å². The average molecular weight is 248 g/mol. The topological polar surface area (TPSA) is 47.1 Å². The lowest BCUT2D eigenvalue weighted by Gasteiger charge is -2.32. The largest absolute Gasteiger partial charge is 0.651 e. The van der Waals surface area contributed by atoms with Crippen molar-refractivity contribution in [3.8, 4) is 0 Å². The standard InChI is InChI=1S/C13H17N2OP/c16-17(12-5-4-10-14-17)15-11-6-9-13-7-2-1-3-8-13/h1-9H,10-12H2,(H2,14,15,16)/b9-6+. The molecular formula is C13H17N2OP. The lowest BCUT2D eigenvalue weighted by molar-refractivity contribution is -0.175. The first kappa shape index (κ1) is 12.5. The van der Waals surface area contributed by atoms with Crippen LogP contribution in [0.2, 0.25) is 0 Å². The number of allylic oxidation sites excluding steroid dienone is 1. The second-order valence-corrected chi connectivity index (χ2v) is 6.41. The Hall–Kier alpha value is -0.990. The van der Waals surface area contributed by atoms with Crippen molar-refractivity contribution < 1.29 is 4.89 Å². The Bertz CT molecular complexity index is 405. The van der Waals surface area contributed by atoms with Crippen LogP contribution in [0.5, 0.6) is 0 Å².